The highest BCUT2D eigenvalue weighted by Gasteiger charge is 2.57. The maximum atomic E-state index is 8.81. The van der Waals surface area contributed by atoms with Crippen LogP contribution in [0.2, 0.25) is 326 Å². The summed E-state index contributed by atoms with van der Waals surface area (Å²) in [5, 5.41) is 54.8. The third-order valence-corrected chi connectivity index (χ3v) is 112. The van der Waals surface area contributed by atoms with Crippen molar-refractivity contribution in [2.24, 2.45) is 0 Å². The smallest absolute Gasteiger partial charge is 0.314 e. The molecular weight excluding hydrogens is 2250 g/mol. The van der Waals surface area contributed by atoms with Gasteiger partial charge in [0.1, 0.15) is 12.9 Å². The van der Waals surface area contributed by atoms with Crippen molar-refractivity contribution < 1.29 is 189 Å². The summed E-state index contributed by atoms with van der Waals surface area (Å²) in [6, 6.07) is 1.74. The molecule has 0 aromatic rings. The van der Waals surface area contributed by atoms with Gasteiger partial charge in [-0.25, -0.2) is 4.89 Å². The van der Waals surface area contributed by atoms with E-state index in [1.807, 2.05) is 183 Å². The zero-order valence-electron chi connectivity index (χ0n) is 95.9. The molecule has 844 valence electrons. The Balaban J connectivity index is 5.48. The fourth-order valence-electron chi connectivity index (χ4n) is 18.4. The van der Waals surface area contributed by atoms with E-state index in [2.05, 4.69) is 201 Å². The quantitative estimate of drug-likeness (QED) is 0.0112. The molecule has 2 N–H and O–H groups in total. The largest absolute Gasteiger partial charge is 0.498 e. The average molecular weight is 2450 g/mol. The Morgan fingerprint density at radius 2 is 0.355 bits per heavy atom. The highest BCUT2D eigenvalue weighted by atomic mass is 28.6. The van der Waals surface area contributed by atoms with Crippen LogP contribution < -0.4 is 0 Å². The van der Waals surface area contributed by atoms with Gasteiger partial charge in [-0.3, -0.25) is 4.79 Å². The van der Waals surface area contributed by atoms with Crippen LogP contribution in [0.1, 0.15) is 96.3 Å². The molecule has 66 heteroatoms. The lowest BCUT2D eigenvalue weighted by atomic mass is 10.0. The van der Waals surface area contributed by atoms with Crippen molar-refractivity contribution in [3.8, 4) is 0 Å². The minimum absolute atomic E-state index is 0.205. The van der Waals surface area contributed by atoms with Crippen molar-refractivity contribution in [3.63, 3.8) is 0 Å². The van der Waals surface area contributed by atoms with Crippen molar-refractivity contribution >= 4 is 211 Å². The number of carbonyl (C=O) groups excluding carboxylic acids is 1. The van der Waals surface area contributed by atoms with E-state index in [1.54, 1.807) is 0 Å². The molecule has 0 aliphatic carbocycles. The number of aldehydes is 1. The van der Waals surface area contributed by atoms with Crippen LogP contribution in [0.15, 0.2) is 12.5 Å². The maximum Gasteiger partial charge on any atom is 0.314 e. The zero-order valence-corrected chi connectivity index (χ0v) is 120. The van der Waals surface area contributed by atoms with Gasteiger partial charge in [0.25, 0.3) is 6.29 Å². The Kier molecular flexibility index (Phi) is 63.9. The highest BCUT2D eigenvalue weighted by molar-refractivity contribution is 6.97. The van der Waals surface area contributed by atoms with Crippen LogP contribution in [0.3, 0.4) is 0 Å². The van der Waals surface area contributed by atoms with Crippen molar-refractivity contribution in [3.05, 3.63) is 12.5 Å². The van der Waals surface area contributed by atoms with Gasteiger partial charge in [-0.15, -0.1) is 0 Å². The Hall–Kier alpha value is 2.66. The zero-order chi connectivity index (χ0) is 109. The lowest BCUT2D eigenvalue weighted by molar-refractivity contribution is -0.874. The van der Waals surface area contributed by atoms with E-state index in [1.165, 1.54) is 76.8 Å². The van der Waals surface area contributed by atoms with E-state index in [4.69, 9.17) is 119 Å². The van der Waals surface area contributed by atoms with Crippen LogP contribution in [0, 0.1) is 0 Å². The van der Waals surface area contributed by atoms with Crippen LogP contribution >= 0.6 is 0 Å². The molecule has 0 aliphatic rings. The van der Waals surface area contributed by atoms with Crippen molar-refractivity contribution in [1.82, 2.24) is 0 Å². The SMILES string of the molecule is C[Si](C)(CCCO/C=C\OOOOOOOOOOOOOOCCO)O[Si](C)(C)O[Si](C)(C)O[Si](C)(C)O[Si](C)(C)O[Si](C)(C)O[Si](C)(C)O[Si](C)(C)O[Si](C)(C)O[Si](C)(C)O[Si](C)(C)O[Si](C)(C)O[Si](C)(C)O[Si](C)(C)O[Si](C)(C)O[Si](C)(C)O[Si](C)(C)O[Si](C)(C)O[Si](C)(C)O[Si](C)(C)O[Si](C)(C)O[Si](C)(C)O[Si](C)(C)O[Si](C)(C)CCCOCCOCCCCCCCCCCCCCCC=[OH+]. The third-order valence-electron chi connectivity index (χ3n) is 18.0. The van der Waals surface area contributed by atoms with Gasteiger partial charge in [-0.2, -0.15) is 0 Å². The second-order valence-corrected chi connectivity index (χ2v) is 134. The molecule has 0 saturated carbocycles. The summed E-state index contributed by atoms with van der Waals surface area (Å²) in [6.45, 7) is 102. The van der Waals surface area contributed by atoms with Crippen LogP contribution in [-0.2, 0) is 179 Å². The molecule has 0 unspecified atom stereocenters. The molecule has 42 nitrogen and oxygen atoms in total. The maximum absolute atomic E-state index is 8.81. The molecule has 0 fully saturated rings. The average Bonchev–Trinajstić information content (AvgIpc) is 0.792. The Morgan fingerprint density at radius 3 is 0.567 bits per heavy atom. The van der Waals surface area contributed by atoms with Gasteiger partial charge in [-0.05, 0) is 382 Å². The van der Waals surface area contributed by atoms with Gasteiger partial charge in [-0.1, -0.05) is 64.2 Å². The second kappa shape index (κ2) is 62.7. The molecule has 0 amide bonds. The van der Waals surface area contributed by atoms with Crippen molar-refractivity contribution in [2.75, 3.05) is 46.2 Å². The van der Waals surface area contributed by atoms with Crippen LogP contribution in [0.4, 0.5) is 0 Å². The van der Waals surface area contributed by atoms with Crippen LogP contribution in [0.5, 0.6) is 0 Å². The predicted octanol–water partition coefficient (Wildman–Crippen LogP) is 22.9. The molecule has 0 bridgehead atoms. The number of rotatable bonds is 89. The molecular formula is C75H197O42Si24+. The third kappa shape index (κ3) is 79.3. The number of unbranched alkanes of at least 4 members (excludes halogenated alkanes) is 12. The Morgan fingerprint density at radius 1 is 0.177 bits per heavy atom. The number of ether oxygens (including phenoxy) is 3. The molecule has 0 atom stereocenters. The summed E-state index contributed by atoms with van der Waals surface area (Å²) >= 11 is 0. The summed E-state index contributed by atoms with van der Waals surface area (Å²) in [5.41, 5.74) is 0. The molecule has 0 aliphatic heterocycles. The van der Waals surface area contributed by atoms with E-state index in [0.29, 0.717) is 32.8 Å². The number of hydrogen-bond acceptors (Lipinski definition) is 41. The fraction of sp³-hybridized carbons (Fsp3) is 0.960. The molecule has 0 spiro atoms. The first-order valence-electron chi connectivity index (χ1n) is 49.3. The Bertz CT molecular complexity index is 3440. The monoisotopic (exact) mass is 2440 g/mol. The first-order chi connectivity index (χ1) is 63.4. The lowest BCUT2D eigenvalue weighted by Crippen LogP contribution is -2.63. The van der Waals surface area contributed by atoms with Gasteiger partial charge in [0.15, 0.2) is 22.9 Å². The minimum atomic E-state index is -2.96. The second-order valence-electron chi connectivity index (χ2n) is 45.9. The van der Waals surface area contributed by atoms with Gasteiger partial charge < -0.3 is 119 Å². The van der Waals surface area contributed by atoms with Crippen LogP contribution in [-0.4, -0.2) is 267 Å². The number of hydrogen-bond donors (Lipinski definition) is 1. The molecule has 0 saturated heterocycles. The minimum Gasteiger partial charge on any atom is -0.498 e. The first-order valence-corrected chi connectivity index (χ1v) is 117. The van der Waals surface area contributed by atoms with E-state index in [0.717, 1.165) is 50.6 Å². The van der Waals surface area contributed by atoms with Gasteiger partial charge >= 0.3 is 188 Å². The molecule has 0 aromatic carbocycles. The van der Waals surface area contributed by atoms with E-state index in [9.17, 15) is 0 Å². The predicted molar refractivity (Wildman–Crippen MR) is 595 cm³/mol. The Labute approximate surface area is 874 Å². The molecule has 0 aromatic heterocycles. The topological polar surface area (TPSA) is 411 Å². The highest BCUT2D eigenvalue weighted by Crippen LogP contribution is 2.38. The standard InChI is InChI=1S/C75H196O42Si24/c1-118(2,74-62-67-79-71-70-78-66-61-59-57-55-53-51-49-50-52-54-56-58-60-64-76)95-120(5,6)97-122(9,10)99-124(13,14)101-126(17,18)103-128(21,22)105-130(25,26)107-132(29,30)109-134(33,34)111-136(37,38)113-138(41,42)115-140(45,46)117-141(47,48)116-139(43,44)114-137(39,40)112-135(35,36)110-133(31,32)108-131(27,28)106-129(23,24)104-127(19,20)102-125(15,16)100-123(11,12)98-121(7,8)96-119(3,4)75-63-68-80-72-73-82-84-86-88-90-92-94-93-91-89-87-85-83-81-69-65-77/h64,72-73,77H,49-63,65-71,74-75H2,1-48H3/p+1/b73-72-. The van der Waals surface area contributed by atoms with Gasteiger partial charge in [0.2, 0.25) is 0 Å². The fourth-order valence-corrected chi connectivity index (χ4v) is 143. The van der Waals surface area contributed by atoms with Crippen molar-refractivity contribution in [2.45, 2.75) is 423 Å². The van der Waals surface area contributed by atoms with E-state index in [-0.39, 0.29) is 13.2 Å². The van der Waals surface area contributed by atoms with Crippen molar-refractivity contribution in [1.29, 1.82) is 0 Å². The summed E-state index contributed by atoms with van der Waals surface area (Å²) in [7, 11) is -68.0. The summed E-state index contributed by atoms with van der Waals surface area (Å²) in [4.78, 5) is 17.6. The molecule has 141 heavy (non-hydrogen) atoms. The first kappa shape index (κ1) is 144. The lowest BCUT2D eigenvalue weighted by Gasteiger charge is -2.45. The van der Waals surface area contributed by atoms with E-state index < -0.39 is 205 Å². The normalized spacial score (nSPS) is 14.9. The van der Waals surface area contributed by atoms with Gasteiger partial charge in [0.05, 0.1) is 32.8 Å². The molecule has 0 radical (unpaired) electrons. The summed E-state index contributed by atoms with van der Waals surface area (Å²) in [6.07, 6.45) is 21.2. The molecule has 0 heterocycles. The summed E-state index contributed by atoms with van der Waals surface area (Å²) < 4.78 is 178. The summed E-state index contributed by atoms with van der Waals surface area (Å²) in [5.74, 6) is 0. The van der Waals surface area contributed by atoms with E-state index >= 15 is 0 Å². The molecule has 0 rings (SSSR count). The number of aliphatic hydroxyl groups is 1. The van der Waals surface area contributed by atoms with Crippen LogP contribution in [0.25, 0.3) is 0 Å². The number of aliphatic hydroxyl groups excluding tert-OH is 1. The van der Waals surface area contributed by atoms with Gasteiger partial charge in [0, 0.05) is 43.4 Å².